The van der Waals surface area contributed by atoms with Crippen molar-refractivity contribution in [1.29, 1.82) is 0 Å². The average molecular weight is 535 g/mol. The van der Waals surface area contributed by atoms with E-state index < -0.39 is 23.9 Å². The van der Waals surface area contributed by atoms with Crippen molar-refractivity contribution in [3.05, 3.63) is 58.6 Å². The van der Waals surface area contributed by atoms with Crippen LogP contribution < -0.4 is 4.74 Å². The third kappa shape index (κ3) is 6.40. The number of aliphatic hydroxyl groups is 1. The van der Waals surface area contributed by atoms with Gasteiger partial charge in [-0.1, -0.05) is 23.4 Å². The van der Waals surface area contributed by atoms with Crippen molar-refractivity contribution >= 4 is 27.3 Å². The summed E-state index contributed by atoms with van der Waals surface area (Å²) in [6, 6.07) is 11.3. The number of aliphatic hydroxyl groups excluding tert-OH is 1. The molecule has 2 aliphatic heterocycles. The third-order valence-corrected chi connectivity index (χ3v) is 7.54. The van der Waals surface area contributed by atoms with Gasteiger partial charge in [0.05, 0.1) is 26.5 Å². The number of thiazole rings is 1. The number of hydrogen-bond donors (Lipinski definition) is 1. The number of benzene rings is 2. The summed E-state index contributed by atoms with van der Waals surface area (Å²) in [6.07, 6.45) is -5.43. The van der Waals surface area contributed by atoms with Crippen LogP contribution in [0.3, 0.4) is 0 Å². The first-order valence-corrected chi connectivity index (χ1v) is 13.1. The van der Waals surface area contributed by atoms with Crippen LogP contribution in [0.4, 0.5) is 13.2 Å². The van der Waals surface area contributed by atoms with Crippen LogP contribution in [-0.4, -0.2) is 77.6 Å². The fourth-order valence-electron chi connectivity index (χ4n) is 4.77. The number of hydrogen-bond acceptors (Lipinski definition) is 8. The van der Waals surface area contributed by atoms with Crippen molar-refractivity contribution in [2.75, 3.05) is 45.9 Å². The molecule has 3 aromatic rings. The maximum Gasteiger partial charge on any atom is 0.416 e. The van der Waals surface area contributed by atoms with Crippen LogP contribution in [0.25, 0.3) is 10.2 Å². The molecule has 1 aromatic heterocycles. The van der Waals surface area contributed by atoms with E-state index in [1.165, 1.54) is 12.1 Å². The predicted molar refractivity (Wildman–Crippen MR) is 136 cm³/mol. The molecule has 1 N–H and O–H groups in total. The summed E-state index contributed by atoms with van der Waals surface area (Å²) in [6.45, 7) is 6.33. The Kier molecular flexibility index (Phi) is 7.66. The minimum absolute atomic E-state index is 0.122. The maximum atomic E-state index is 13.4. The van der Waals surface area contributed by atoms with Crippen molar-refractivity contribution in [1.82, 2.24) is 14.8 Å². The molecule has 7 nitrogen and oxygen atoms in total. The van der Waals surface area contributed by atoms with Gasteiger partial charge in [0.15, 0.2) is 6.10 Å². The molecular weight excluding hydrogens is 505 g/mol. The largest absolute Gasteiger partial charge is 0.491 e. The summed E-state index contributed by atoms with van der Waals surface area (Å²) in [4.78, 5) is 14.3. The first kappa shape index (κ1) is 25.9. The number of aromatic nitrogens is 1. The minimum atomic E-state index is -4.43. The topological polar surface area (TPSA) is 70.4 Å². The number of fused-ring (bicyclic) bond motifs is 1. The number of oxime groups is 1. The molecule has 0 aliphatic carbocycles. The van der Waals surface area contributed by atoms with E-state index in [4.69, 9.17) is 9.57 Å². The van der Waals surface area contributed by atoms with Crippen molar-refractivity contribution in [3.8, 4) is 5.75 Å². The van der Waals surface area contributed by atoms with E-state index in [1.807, 2.05) is 25.1 Å². The third-order valence-electron chi connectivity index (χ3n) is 6.59. The zero-order valence-electron chi connectivity index (χ0n) is 20.4. The van der Waals surface area contributed by atoms with E-state index in [9.17, 15) is 18.3 Å². The molecule has 0 radical (unpaired) electrons. The molecule has 2 aromatic carbocycles. The van der Waals surface area contributed by atoms with Crippen LogP contribution in [-0.2, 0) is 11.0 Å². The van der Waals surface area contributed by atoms with Crippen LogP contribution >= 0.6 is 11.3 Å². The second kappa shape index (κ2) is 10.9. The first-order chi connectivity index (χ1) is 17.7. The van der Waals surface area contributed by atoms with Crippen LogP contribution in [0.15, 0.2) is 47.6 Å². The molecule has 2 aliphatic rings. The van der Waals surface area contributed by atoms with E-state index in [2.05, 4.69) is 19.9 Å². The minimum Gasteiger partial charge on any atom is -0.491 e. The van der Waals surface area contributed by atoms with Gasteiger partial charge >= 0.3 is 6.18 Å². The van der Waals surface area contributed by atoms with E-state index >= 15 is 0 Å². The Hall–Kier alpha value is -2.73. The predicted octanol–water partition coefficient (Wildman–Crippen LogP) is 4.50. The Labute approximate surface area is 217 Å². The smallest absolute Gasteiger partial charge is 0.416 e. The molecule has 198 valence electrons. The van der Waals surface area contributed by atoms with Gasteiger partial charge in [0, 0.05) is 57.3 Å². The highest BCUT2D eigenvalue weighted by molar-refractivity contribution is 7.18. The molecule has 0 spiro atoms. The SMILES string of the molecule is Cc1nc2cc(OCC(O)CN3CCN(CC4=NOC(c5ccccc5C(F)(F)F)C4)CC3)ccc2s1. The van der Waals surface area contributed by atoms with Crippen LogP contribution in [0.1, 0.15) is 28.7 Å². The van der Waals surface area contributed by atoms with Gasteiger partial charge in [-0.3, -0.25) is 9.80 Å². The molecule has 2 atom stereocenters. The van der Waals surface area contributed by atoms with E-state index in [-0.39, 0.29) is 12.2 Å². The number of nitrogens with zero attached hydrogens (tertiary/aromatic N) is 4. The lowest BCUT2D eigenvalue weighted by molar-refractivity contribution is -0.139. The Bertz CT molecular complexity index is 1260. The number of rotatable bonds is 8. The van der Waals surface area contributed by atoms with Gasteiger partial charge in [-0.2, -0.15) is 13.2 Å². The van der Waals surface area contributed by atoms with Gasteiger partial charge < -0.3 is 14.7 Å². The van der Waals surface area contributed by atoms with E-state index in [0.717, 1.165) is 53.2 Å². The normalized spacial score (nSPS) is 20.1. The number of aryl methyl sites for hydroxylation is 1. The zero-order valence-corrected chi connectivity index (χ0v) is 21.3. The van der Waals surface area contributed by atoms with Gasteiger partial charge in [0.25, 0.3) is 0 Å². The van der Waals surface area contributed by atoms with Crippen molar-refractivity contribution in [2.45, 2.75) is 31.7 Å². The molecule has 11 heteroatoms. The van der Waals surface area contributed by atoms with Crippen molar-refractivity contribution < 1.29 is 27.9 Å². The Morgan fingerprint density at radius 2 is 1.89 bits per heavy atom. The van der Waals surface area contributed by atoms with E-state index in [1.54, 1.807) is 17.4 Å². The molecule has 1 fully saturated rings. The van der Waals surface area contributed by atoms with Crippen LogP contribution in [0, 0.1) is 6.92 Å². The highest BCUT2D eigenvalue weighted by atomic mass is 32.1. The summed E-state index contributed by atoms with van der Waals surface area (Å²) in [5.41, 5.74) is 1.10. The van der Waals surface area contributed by atoms with Gasteiger partial charge in [-0.05, 0) is 25.1 Å². The molecule has 3 heterocycles. The number of halogens is 3. The Morgan fingerprint density at radius 3 is 2.68 bits per heavy atom. The number of piperazine rings is 1. The molecule has 2 unspecified atom stereocenters. The average Bonchev–Trinajstić information content (AvgIpc) is 3.48. The molecule has 37 heavy (non-hydrogen) atoms. The Morgan fingerprint density at radius 1 is 1.14 bits per heavy atom. The van der Waals surface area contributed by atoms with Crippen molar-refractivity contribution in [3.63, 3.8) is 0 Å². The molecule has 0 bridgehead atoms. The molecule has 0 amide bonds. The van der Waals surface area contributed by atoms with Gasteiger partial charge in [-0.15, -0.1) is 11.3 Å². The lowest BCUT2D eigenvalue weighted by atomic mass is 9.98. The summed E-state index contributed by atoms with van der Waals surface area (Å²) in [7, 11) is 0. The fourth-order valence-corrected chi connectivity index (χ4v) is 5.57. The highest BCUT2D eigenvalue weighted by Gasteiger charge is 2.37. The second-order valence-electron chi connectivity index (χ2n) is 9.44. The molecule has 1 saturated heterocycles. The lowest BCUT2D eigenvalue weighted by Crippen LogP contribution is -2.50. The quantitative estimate of drug-likeness (QED) is 0.459. The van der Waals surface area contributed by atoms with Crippen LogP contribution in [0.2, 0.25) is 0 Å². The molecular formula is C26H29F3N4O3S. The van der Waals surface area contributed by atoms with Gasteiger partial charge in [0.1, 0.15) is 18.5 Å². The summed E-state index contributed by atoms with van der Waals surface area (Å²) in [5.74, 6) is 0.692. The van der Waals surface area contributed by atoms with Crippen molar-refractivity contribution in [2.24, 2.45) is 5.16 Å². The number of β-amino-alcohol motifs (C(OH)–C–C–N with tert-alkyl or cyclic N) is 1. The summed E-state index contributed by atoms with van der Waals surface area (Å²) in [5, 5.41) is 15.6. The lowest BCUT2D eigenvalue weighted by Gasteiger charge is -2.35. The highest BCUT2D eigenvalue weighted by Crippen LogP contribution is 2.38. The first-order valence-electron chi connectivity index (χ1n) is 12.2. The zero-order chi connectivity index (χ0) is 26.0. The second-order valence-corrected chi connectivity index (χ2v) is 10.7. The van der Waals surface area contributed by atoms with Gasteiger partial charge in [-0.25, -0.2) is 4.98 Å². The van der Waals surface area contributed by atoms with Gasteiger partial charge in [0.2, 0.25) is 0 Å². The maximum absolute atomic E-state index is 13.4. The number of ether oxygens (including phenoxy) is 1. The molecule has 0 saturated carbocycles. The van der Waals surface area contributed by atoms with Crippen LogP contribution in [0.5, 0.6) is 5.75 Å². The standard InChI is InChI=1S/C26H29F3N4O3S/c1-17-30-23-13-20(6-7-25(23)37-17)35-16-19(34)15-33-10-8-32(9-11-33)14-18-12-24(36-31-18)21-4-2-3-5-22(21)26(27,28)29/h2-7,13,19,24,34H,8-12,14-16H2,1H3. The fraction of sp³-hybridized carbons (Fsp3) is 0.462. The monoisotopic (exact) mass is 534 g/mol. The molecule has 5 rings (SSSR count). The summed E-state index contributed by atoms with van der Waals surface area (Å²) >= 11 is 1.64. The Balaban J connectivity index is 1.04. The number of alkyl halides is 3. The van der Waals surface area contributed by atoms with E-state index in [0.29, 0.717) is 25.3 Å². The summed E-state index contributed by atoms with van der Waals surface area (Å²) < 4.78 is 47.0.